The second kappa shape index (κ2) is 9.37. The van der Waals surface area contributed by atoms with Crippen LogP contribution >= 0.6 is 23.2 Å². The Morgan fingerprint density at radius 3 is 1.40 bits per heavy atom. The Kier molecular flexibility index (Phi) is 7.19. The minimum atomic E-state index is -2.08. The van der Waals surface area contributed by atoms with Gasteiger partial charge in [-0.3, -0.25) is 0 Å². The molecule has 3 rings (SSSR count). The molecule has 3 aromatic rings. The molecule has 3 aromatic carbocycles. The molecule has 3 nitrogen and oxygen atoms in total. The smallest absolute Gasteiger partial charge is 0.249 e. The molecular weight excluding hydrogens is 379 g/mol. The van der Waals surface area contributed by atoms with Crippen molar-refractivity contribution < 1.29 is 15.0 Å². The second-order valence-electron chi connectivity index (χ2n) is 4.79. The van der Waals surface area contributed by atoms with Crippen molar-refractivity contribution in [3.63, 3.8) is 0 Å². The summed E-state index contributed by atoms with van der Waals surface area (Å²) in [6.07, 6.45) is -2.08. The molecule has 0 amide bonds. The Labute approximate surface area is 158 Å². The lowest BCUT2D eigenvalue weighted by Gasteiger charge is -2.08. The monoisotopic (exact) mass is 392 g/mol. The van der Waals surface area contributed by atoms with Gasteiger partial charge in [0.05, 0.1) is 10.9 Å². The average molecular weight is 393 g/mol. The Morgan fingerprint density at radius 2 is 1.04 bits per heavy atom. The molecule has 0 saturated carbocycles. The van der Waals surface area contributed by atoms with Gasteiger partial charge in [0.25, 0.3) is 0 Å². The highest BCUT2D eigenvalue weighted by atomic mass is 35.5. The third-order valence-electron chi connectivity index (χ3n) is 3.08. The molecule has 0 atom stereocenters. The second-order valence-corrected chi connectivity index (χ2v) is 7.69. The van der Waals surface area contributed by atoms with Crippen molar-refractivity contribution in [2.24, 2.45) is 0 Å². The van der Waals surface area contributed by atoms with Crippen LogP contribution in [0.15, 0.2) is 93.5 Å². The summed E-state index contributed by atoms with van der Waals surface area (Å²) < 4.78 is 0. The van der Waals surface area contributed by atoms with Gasteiger partial charge in [-0.2, -0.15) is 0 Å². The fourth-order valence-corrected chi connectivity index (χ4v) is 4.42. The highest BCUT2D eigenvalue weighted by molar-refractivity contribution is 7.97. The number of hydrogen-bond donors (Lipinski definition) is 1. The first-order chi connectivity index (χ1) is 12.0. The molecule has 0 bridgehead atoms. The van der Waals surface area contributed by atoms with Crippen molar-refractivity contribution in [2.45, 2.75) is 14.7 Å². The zero-order chi connectivity index (χ0) is 18.2. The van der Waals surface area contributed by atoms with Gasteiger partial charge in [-0.15, -0.1) is 0 Å². The lowest BCUT2D eigenvalue weighted by atomic mass is 10.3. The lowest BCUT2D eigenvalue weighted by molar-refractivity contribution is -0.275. The Balaban J connectivity index is 0.000000511. The van der Waals surface area contributed by atoms with Crippen LogP contribution in [-0.2, 0) is 10.9 Å². The van der Waals surface area contributed by atoms with Gasteiger partial charge in [0, 0.05) is 10.0 Å². The Morgan fingerprint density at radius 1 is 0.720 bits per heavy atom. The first-order valence-corrected chi connectivity index (χ1v) is 9.16. The number of carbonyl (C=O) groups is 1. The fraction of sp³-hybridized carbons (Fsp3) is 0. The van der Waals surface area contributed by atoms with Crippen LogP contribution in [0.4, 0.5) is 4.79 Å². The molecule has 25 heavy (non-hydrogen) atoms. The van der Waals surface area contributed by atoms with Crippen molar-refractivity contribution in [3.8, 4) is 0 Å². The molecule has 0 aromatic heterocycles. The zero-order valence-electron chi connectivity index (χ0n) is 12.9. The van der Waals surface area contributed by atoms with Crippen molar-refractivity contribution in [2.75, 3.05) is 0 Å². The SMILES string of the molecule is Clc1ccc([S+](c2ccccc2)c2ccc(Cl)cc2)cc1.O=C([O-])O. The van der Waals surface area contributed by atoms with Gasteiger partial charge >= 0.3 is 0 Å². The average Bonchev–Trinajstić information content (AvgIpc) is 2.59. The summed E-state index contributed by atoms with van der Waals surface area (Å²) in [5, 5.41) is 16.8. The van der Waals surface area contributed by atoms with E-state index in [4.69, 9.17) is 38.2 Å². The summed E-state index contributed by atoms with van der Waals surface area (Å²) in [5.41, 5.74) is 0. The molecule has 128 valence electrons. The molecule has 0 aliphatic carbocycles. The Bertz CT molecular complexity index is 757. The van der Waals surface area contributed by atoms with Gasteiger partial charge in [-0.05, 0) is 60.7 Å². The van der Waals surface area contributed by atoms with E-state index in [9.17, 15) is 0 Å². The molecule has 1 N–H and O–H groups in total. The van der Waals surface area contributed by atoms with E-state index >= 15 is 0 Å². The van der Waals surface area contributed by atoms with Crippen molar-refractivity contribution in [3.05, 3.63) is 88.9 Å². The zero-order valence-corrected chi connectivity index (χ0v) is 15.3. The van der Waals surface area contributed by atoms with E-state index in [2.05, 4.69) is 48.5 Å². The molecule has 0 unspecified atom stereocenters. The van der Waals surface area contributed by atoms with E-state index in [-0.39, 0.29) is 10.9 Å². The summed E-state index contributed by atoms with van der Waals surface area (Å²) >= 11 is 12.0. The molecule has 0 heterocycles. The summed E-state index contributed by atoms with van der Waals surface area (Å²) in [4.78, 5) is 12.2. The van der Waals surface area contributed by atoms with Crippen LogP contribution in [0.3, 0.4) is 0 Å². The minimum absolute atomic E-state index is 0.148. The largest absolute Gasteiger partial charge is 0.565 e. The first-order valence-electron chi connectivity index (χ1n) is 7.18. The van der Waals surface area contributed by atoms with Gasteiger partial charge in [0.15, 0.2) is 14.7 Å². The molecule has 0 saturated heterocycles. The van der Waals surface area contributed by atoms with E-state index in [1.807, 2.05) is 30.3 Å². The molecular formula is C19H14Cl2O3S. The Hall–Kier alpha value is -2.14. The van der Waals surface area contributed by atoms with Crippen molar-refractivity contribution >= 4 is 40.3 Å². The number of carboxylic acid groups (broad SMARTS) is 2. The summed E-state index contributed by atoms with van der Waals surface area (Å²) in [6, 6.07) is 26.6. The van der Waals surface area contributed by atoms with Crippen molar-refractivity contribution in [1.82, 2.24) is 0 Å². The molecule has 0 fully saturated rings. The van der Waals surface area contributed by atoms with Crippen LogP contribution in [0.2, 0.25) is 10.0 Å². The quantitative estimate of drug-likeness (QED) is 0.639. The van der Waals surface area contributed by atoms with Gasteiger partial charge < -0.3 is 15.0 Å². The highest BCUT2D eigenvalue weighted by Gasteiger charge is 2.28. The molecule has 0 spiro atoms. The number of benzene rings is 3. The van der Waals surface area contributed by atoms with Gasteiger partial charge in [-0.1, -0.05) is 41.4 Å². The van der Waals surface area contributed by atoms with E-state index in [0.717, 1.165) is 10.0 Å². The van der Waals surface area contributed by atoms with E-state index in [1.54, 1.807) is 0 Å². The van der Waals surface area contributed by atoms with Gasteiger partial charge in [-0.25, -0.2) is 0 Å². The van der Waals surface area contributed by atoms with E-state index < -0.39 is 6.16 Å². The van der Waals surface area contributed by atoms with Crippen LogP contribution in [0, 0.1) is 0 Å². The molecule has 0 radical (unpaired) electrons. The standard InChI is InChI=1S/C18H13Cl2S.CH2O3/c19-14-6-10-17(11-7-14)21(16-4-2-1-3-5-16)18-12-8-15(20)9-13-18;2-1(3)4/h1-13H;(H2,2,3,4)/q+1;/p-1. The third-order valence-corrected chi connectivity index (χ3v) is 5.81. The van der Waals surface area contributed by atoms with Gasteiger partial charge in [0.2, 0.25) is 6.16 Å². The van der Waals surface area contributed by atoms with Crippen LogP contribution in [0.1, 0.15) is 0 Å². The van der Waals surface area contributed by atoms with Crippen LogP contribution < -0.4 is 5.11 Å². The third kappa shape index (κ3) is 6.02. The number of halogens is 2. The van der Waals surface area contributed by atoms with Crippen LogP contribution in [0.25, 0.3) is 0 Å². The van der Waals surface area contributed by atoms with Crippen molar-refractivity contribution in [1.29, 1.82) is 0 Å². The summed E-state index contributed by atoms with van der Waals surface area (Å²) in [6.45, 7) is 0. The molecule has 6 heteroatoms. The maximum atomic E-state index is 8.44. The fourth-order valence-electron chi connectivity index (χ4n) is 2.11. The maximum absolute atomic E-state index is 8.44. The maximum Gasteiger partial charge on any atom is 0.249 e. The number of hydrogen-bond acceptors (Lipinski definition) is 2. The topological polar surface area (TPSA) is 60.4 Å². The predicted molar refractivity (Wildman–Crippen MR) is 99.5 cm³/mol. The van der Waals surface area contributed by atoms with Crippen LogP contribution in [-0.4, -0.2) is 11.3 Å². The van der Waals surface area contributed by atoms with Crippen LogP contribution in [0.5, 0.6) is 0 Å². The lowest BCUT2D eigenvalue weighted by Crippen LogP contribution is -2.17. The predicted octanol–water partition coefficient (Wildman–Crippen LogP) is 4.98. The highest BCUT2D eigenvalue weighted by Crippen LogP contribution is 2.32. The van der Waals surface area contributed by atoms with E-state index in [0.29, 0.717) is 0 Å². The normalized spacial score (nSPS) is 10.0. The first kappa shape index (κ1) is 19.2. The van der Waals surface area contributed by atoms with E-state index in [1.165, 1.54) is 14.7 Å². The summed E-state index contributed by atoms with van der Waals surface area (Å²) in [5.74, 6) is 0. The minimum Gasteiger partial charge on any atom is -0.565 e. The molecule has 0 aliphatic rings. The van der Waals surface area contributed by atoms with Gasteiger partial charge in [0.1, 0.15) is 0 Å². The molecule has 0 aliphatic heterocycles. The summed E-state index contributed by atoms with van der Waals surface area (Å²) in [7, 11) is -0.148. The number of rotatable bonds is 3.